The lowest BCUT2D eigenvalue weighted by molar-refractivity contribution is -0.142. The van der Waals surface area contributed by atoms with Crippen molar-refractivity contribution in [1.29, 1.82) is 0 Å². The Kier molecular flexibility index (Phi) is 7.40. The van der Waals surface area contributed by atoms with E-state index >= 15 is 0 Å². The van der Waals surface area contributed by atoms with Crippen molar-refractivity contribution in [2.45, 2.75) is 18.5 Å². The summed E-state index contributed by atoms with van der Waals surface area (Å²) in [4.78, 5) is 25.5. The molecule has 1 aromatic heterocycles. The molecule has 0 saturated carbocycles. The number of hydrogen-bond donors (Lipinski definition) is 2. The number of nitrogens with two attached hydrogens (primary N) is 1. The molecule has 31 heavy (non-hydrogen) atoms. The third-order valence-electron chi connectivity index (χ3n) is 5.10. The maximum atomic E-state index is 13.5. The molecule has 0 unspecified atom stereocenters. The third-order valence-corrected chi connectivity index (χ3v) is 5.10. The number of carbonyl (C=O) groups is 1. The molecular weight excluding hydrogens is 390 g/mol. The summed E-state index contributed by atoms with van der Waals surface area (Å²) in [6.07, 6.45) is 2.13. The van der Waals surface area contributed by atoms with Crippen molar-refractivity contribution in [2.24, 2.45) is 5.73 Å². The number of hydrogen-bond acceptors (Lipinski definition) is 5. The van der Waals surface area contributed by atoms with Crippen LogP contribution in [0.5, 0.6) is 0 Å². The molecule has 1 heterocycles. The molecule has 0 aliphatic heterocycles. The van der Waals surface area contributed by atoms with Crippen LogP contribution in [0.3, 0.4) is 0 Å². The Bertz CT molecular complexity index is 1040. The maximum absolute atomic E-state index is 13.5. The molecule has 3 aromatic rings. The Morgan fingerprint density at radius 1 is 1.03 bits per heavy atom. The van der Waals surface area contributed by atoms with Gasteiger partial charge >= 0.3 is 5.97 Å². The van der Waals surface area contributed by atoms with E-state index in [-0.39, 0.29) is 11.6 Å². The minimum Gasteiger partial charge on any atom is -0.467 e. The lowest BCUT2D eigenvalue weighted by Gasteiger charge is -2.23. The zero-order chi connectivity index (χ0) is 22.2. The summed E-state index contributed by atoms with van der Waals surface area (Å²) in [7, 11) is 1.32. The minimum atomic E-state index is -0.672. The van der Waals surface area contributed by atoms with E-state index in [0.29, 0.717) is 24.2 Å². The van der Waals surface area contributed by atoms with Crippen molar-refractivity contribution in [2.75, 3.05) is 13.7 Å². The highest BCUT2D eigenvalue weighted by atomic mass is 16.5. The normalized spacial score (nSPS) is 11.7. The van der Waals surface area contributed by atoms with E-state index in [4.69, 9.17) is 10.5 Å². The van der Waals surface area contributed by atoms with Gasteiger partial charge < -0.3 is 20.4 Å². The van der Waals surface area contributed by atoms with Crippen molar-refractivity contribution < 1.29 is 9.53 Å². The van der Waals surface area contributed by atoms with Crippen LogP contribution in [0.25, 0.3) is 5.70 Å². The molecular formula is C25H27N3O3. The van der Waals surface area contributed by atoms with E-state index in [0.717, 1.165) is 11.1 Å². The Balaban J connectivity index is 2.02. The van der Waals surface area contributed by atoms with Gasteiger partial charge in [0.15, 0.2) is 0 Å². The number of carbonyl (C=O) groups excluding carboxylic acids is 1. The van der Waals surface area contributed by atoms with Gasteiger partial charge in [-0.2, -0.15) is 0 Å². The second-order valence-electron chi connectivity index (χ2n) is 7.13. The zero-order valence-corrected chi connectivity index (χ0v) is 17.5. The largest absolute Gasteiger partial charge is 0.467 e. The highest BCUT2D eigenvalue weighted by Gasteiger charge is 2.22. The fraction of sp³-hybridized carbons (Fsp3) is 0.200. The number of methoxy groups -OCH3 is 1. The smallest absolute Gasteiger partial charge is 0.328 e. The summed E-state index contributed by atoms with van der Waals surface area (Å²) >= 11 is 0. The van der Waals surface area contributed by atoms with Gasteiger partial charge in [-0.1, -0.05) is 67.2 Å². The Hall–Kier alpha value is -3.64. The standard InChI is InChI=1S/C25H27N3O3/c1-18(27-22(15-16-26)25(30)31-2)21-14-9-17-28(24(21)29)23(19-10-5-3-6-11-19)20-12-7-4-8-13-20/h3-14,17,22-23,27H,1,15-16,26H2,2H3/t22-/m0/s1. The fourth-order valence-corrected chi connectivity index (χ4v) is 3.57. The molecule has 0 aliphatic rings. The monoisotopic (exact) mass is 417 g/mol. The quantitative estimate of drug-likeness (QED) is 0.523. The van der Waals surface area contributed by atoms with Crippen molar-refractivity contribution in [3.63, 3.8) is 0 Å². The van der Waals surface area contributed by atoms with Gasteiger partial charge in [-0.3, -0.25) is 4.79 Å². The van der Waals surface area contributed by atoms with Crippen molar-refractivity contribution in [3.8, 4) is 0 Å². The molecule has 0 fully saturated rings. The number of aromatic nitrogens is 1. The molecule has 0 amide bonds. The number of pyridine rings is 1. The SMILES string of the molecule is C=C(N[C@@H](CCN)C(=O)OC)c1cccn(C(c2ccccc2)c2ccccc2)c1=O. The molecule has 0 aliphatic carbocycles. The van der Waals surface area contributed by atoms with Crippen molar-refractivity contribution >= 4 is 11.7 Å². The van der Waals surface area contributed by atoms with Gasteiger partial charge in [0.05, 0.1) is 18.7 Å². The summed E-state index contributed by atoms with van der Waals surface area (Å²) in [5.74, 6) is -0.450. The lowest BCUT2D eigenvalue weighted by Crippen LogP contribution is -2.39. The molecule has 6 nitrogen and oxygen atoms in total. The highest BCUT2D eigenvalue weighted by molar-refractivity contribution is 5.78. The van der Waals surface area contributed by atoms with Crippen molar-refractivity contribution in [1.82, 2.24) is 9.88 Å². The number of nitrogens with zero attached hydrogens (tertiary/aromatic N) is 1. The second-order valence-corrected chi connectivity index (χ2v) is 7.13. The van der Waals surface area contributed by atoms with Gasteiger partial charge in [0.2, 0.25) is 0 Å². The molecule has 0 saturated heterocycles. The van der Waals surface area contributed by atoms with E-state index in [1.807, 2.05) is 60.7 Å². The van der Waals surface area contributed by atoms with Gasteiger partial charge in [0, 0.05) is 11.9 Å². The molecule has 1 atom stereocenters. The number of esters is 1. The first-order valence-corrected chi connectivity index (χ1v) is 10.1. The van der Waals surface area contributed by atoms with Gasteiger partial charge in [-0.25, -0.2) is 4.79 Å². The number of ether oxygens (including phenoxy) is 1. The second kappa shape index (κ2) is 10.4. The van der Waals surface area contributed by atoms with Gasteiger partial charge in [0.1, 0.15) is 6.04 Å². The predicted molar refractivity (Wildman–Crippen MR) is 122 cm³/mol. The Labute approximate surface area is 182 Å². The minimum absolute atomic E-state index is 0.214. The van der Waals surface area contributed by atoms with Crippen molar-refractivity contribution in [3.05, 3.63) is 113 Å². The summed E-state index contributed by atoms with van der Waals surface area (Å²) < 4.78 is 6.51. The number of nitrogens with one attached hydrogen (secondary N) is 1. The van der Waals surface area contributed by atoms with Crippen LogP contribution < -0.4 is 16.6 Å². The van der Waals surface area contributed by atoms with E-state index in [2.05, 4.69) is 11.9 Å². The Morgan fingerprint density at radius 2 is 1.61 bits per heavy atom. The van der Waals surface area contributed by atoms with Crippen LogP contribution in [0.4, 0.5) is 0 Å². The molecule has 0 spiro atoms. The van der Waals surface area contributed by atoms with Crippen LogP contribution in [0.2, 0.25) is 0 Å². The van der Waals surface area contributed by atoms with E-state index in [1.165, 1.54) is 7.11 Å². The molecule has 160 valence electrons. The average Bonchev–Trinajstić information content (AvgIpc) is 2.81. The summed E-state index contributed by atoms with van der Waals surface area (Å²) in [5, 5.41) is 3.01. The topological polar surface area (TPSA) is 86.3 Å². The van der Waals surface area contributed by atoms with Crippen LogP contribution in [0.1, 0.15) is 29.2 Å². The van der Waals surface area contributed by atoms with Crippen LogP contribution in [0, 0.1) is 0 Å². The first-order chi connectivity index (χ1) is 15.1. The van der Waals surface area contributed by atoms with Crippen LogP contribution in [-0.2, 0) is 9.53 Å². The number of benzene rings is 2. The van der Waals surface area contributed by atoms with E-state index in [1.54, 1.807) is 22.9 Å². The van der Waals surface area contributed by atoms with Crippen LogP contribution in [0.15, 0.2) is 90.4 Å². The highest BCUT2D eigenvalue weighted by Crippen LogP contribution is 2.25. The van der Waals surface area contributed by atoms with E-state index in [9.17, 15) is 9.59 Å². The molecule has 0 bridgehead atoms. The fourth-order valence-electron chi connectivity index (χ4n) is 3.57. The Morgan fingerprint density at radius 3 is 2.13 bits per heavy atom. The van der Waals surface area contributed by atoms with Gasteiger partial charge in [-0.15, -0.1) is 0 Å². The van der Waals surface area contributed by atoms with Crippen LogP contribution in [-0.4, -0.2) is 30.2 Å². The van der Waals surface area contributed by atoms with Gasteiger partial charge in [0.25, 0.3) is 5.56 Å². The summed E-state index contributed by atoms with van der Waals surface area (Å²) in [6.45, 7) is 4.29. The average molecular weight is 418 g/mol. The molecule has 2 aromatic carbocycles. The third kappa shape index (κ3) is 5.10. The predicted octanol–water partition coefficient (Wildman–Crippen LogP) is 2.94. The zero-order valence-electron chi connectivity index (χ0n) is 17.5. The molecule has 3 N–H and O–H groups in total. The molecule has 0 radical (unpaired) electrons. The van der Waals surface area contributed by atoms with Crippen LogP contribution >= 0.6 is 0 Å². The molecule has 3 rings (SSSR count). The lowest BCUT2D eigenvalue weighted by atomic mass is 9.98. The van der Waals surface area contributed by atoms with E-state index < -0.39 is 12.0 Å². The van der Waals surface area contributed by atoms with Gasteiger partial charge in [-0.05, 0) is 36.2 Å². The maximum Gasteiger partial charge on any atom is 0.328 e. The molecule has 6 heteroatoms. The summed E-state index contributed by atoms with van der Waals surface area (Å²) in [6, 6.07) is 22.2. The first-order valence-electron chi connectivity index (χ1n) is 10.1. The summed E-state index contributed by atoms with van der Waals surface area (Å²) in [5.41, 5.74) is 8.11. The number of rotatable bonds is 9. The first kappa shape index (κ1) is 22.1.